The van der Waals surface area contributed by atoms with Crippen LogP contribution in [-0.2, 0) is 11.2 Å². The molecule has 0 spiro atoms. The maximum absolute atomic E-state index is 11.8. The molecule has 0 bridgehead atoms. The fourth-order valence-electron chi connectivity index (χ4n) is 1.81. The zero-order chi connectivity index (χ0) is 15.9. The smallest absolute Gasteiger partial charge is 0.269 e. The number of amides is 2. The van der Waals surface area contributed by atoms with Gasteiger partial charge in [-0.05, 0) is 42.3 Å². The van der Waals surface area contributed by atoms with Gasteiger partial charge in [0.1, 0.15) is 0 Å². The Kier molecular flexibility index (Phi) is 6.15. The van der Waals surface area contributed by atoms with Gasteiger partial charge >= 0.3 is 0 Å². The lowest BCUT2D eigenvalue weighted by molar-refractivity contribution is -0.121. The zero-order valence-corrected chi connectivity index (χ0v) is 14.8. The number of carbonyl (C=O) groups excluding carboxylic acids is 2. The third kappa shape index (κ3) is 4.96. The fraction of sp³-hybridized carbons (Fsp3) is 0.125. The van der Waals surface area contributed by atoms with Crippen LogP contribution in [0.4, 0.5) is 0 Å². The number of hydrogen-bond donors (Lipinski definition) is 2. The Morgan fingerprint density at radius 1 is 0.909 bits per heavy atom. The number of benzene rings is 2. The molecule has 0 unspecified atom stereocenters. The minimum atomic E-state index is -0.346. The molecule has 2 aromatic carbocycles. The highest BCUT2D eigenvalue weighted by atomic mass is 79.9. The van der Waals surface area contributed by atoms with E-state index in [1.165, 1.54) is 0 Å². The quantitative estimate of drug-likeness (QED) is 0.735. The molecular weight excluding hydrogens is 412 g/mol. The largest absolute Gasteiger partial charge is 0.273 e. The molecule has 2 aromatic rings. The first-order valence-electron chi connectivity index (χ1n) is 6.64. The van der Waals surface area contributed by atoms with Gasteiger partial charge in [-0.1, -0.05) is 50.1 Å². The summed E-state index contributed by atoms with van der Waals surface area (Å²) >= 11 is 6.74. The third-order valence-electron chi connectivity index (χ3n) is 3.00. The van der Waals surface area contributed by atoms with Crippen molar-refractivity contribution in [3.8, 4) is 0 Å². The highest BCUT2D eigenvalue weighted by Gasteiger charge is 2.08. The Bertz CT molecular complexity index is 672. The van der Waals surface area contributed by atoms with Gasteiger partial charge in [0.2, 0.25) is 5.91 Å². The summed E-state index contributed by atoms with van der Waals surface area (Å²) in [5.74, 6) is -0.581. The molecule has 6 heteroatoms. The van der Waals surface area contributed by atoms with E-state index in [-0.39, 0.29) is 11.8 Å². The summed E-state index contributed by atoms with van der Waals surface area (Å²) in [6, 6.07) is 14.6. The fourth-order valence-corrected chi connectivity index (χ4v) is 2.56. The molecule has 0 atom stereocenters. The maximum atomic E-state index is 11.8. The summed E-state index contributed by atoms with van der Waals surface area (Å²) < 4.78 is 1.86. The molecule has 2 amide bonds. The molecule has 0 aliphatic carbocycles. The van der Waals surface area contributed by atoms with Crippen LogP contribution in [0.25, 0.3) is 0 Å². The van der Waals surface area contributed by atoms with Crippen LogP contribution in [0.5, 0.6) is 0 Å². The van der Waals surface area contributed by atoms with E-state index in [4.69, 9.17) is 0 Å². The van der Waals surface area contributed by atoms with Gasteiger partial charge in [-0.15, -0.1) is 0 Å². The lowest BCUT2D eigenvalue weighted by Crippen LogP contribution is -2.41. The van der Waals surface area contributed by atoms with E-state index in [1.54, 1.807) is 24.3 Å². The first-order valence-corrected chi connectivity index (χ1v) is 8.23. The van der Waals surface area contributed by atoms with Crippen molar-refractivity contribution < 1.29 is 9.59 Å². The monoisotopic (exact) mass is 424 g/mol. The van der Waals surface area contributed by atoms with Gasteiger partial charge in [0.15, 0.2) is 0 Å². The van der Waals surface area contributed by atoms with Crippen LogP contribution in [-0.4, -0.2) is 11.8 Å². The van der Waals surface area contributed by atoms with E-state index >= 15 is 0 Å². The summed E-state index contributed by atoms with van der Waals surface area (Å²) in [5, 5.41) is 0. The first-order chi connectivity index (χ1) is 10.6. The SMILES string of the molecule is O=C(CCc1ccccc1Br)NNC(=O)c1ccc(Br)cc1. The molecule has 4 nitrogen and oxygen atoms in total. The second-order valence-corrected chi connectivity index (χ2v) is 6.37. The standard InChI is InChI=1S/C16H14Br2N2O2/c17-13-8-5-12(6-9-13)16(22)20-19-15(21)10-7-11-3-1-2-4-14(11)18/h1-6,8-9H,7,10H2,(H,19,21)(H,20,22). The highest BCUT2D eigenvalue weighted by Crippen LogP contribution is 2.17. The van der Waals surface area contributed by atoms with E-state index in [0.717, 1.165) is 14.5 Å². The molecule has 0 fully saturated rings. The molecule has 0 saturated carbocycles. The topological polar surface area (TPSA) is 58.2 Å². The number of halogens is 2. The Morgan fingerprint density at radius 3 is 2.27 bits per heavy atom. The molecule has 2 N–H and O–H groups in total. The second kappa shape index (κ2) is 8.10. The summed E-state index contributed by atoms with van der Waals surface area (Å²) in [4.78, 5) is 23.6. The van der Waals surface area contributed by atoms with Gasteiger partial charge in [-0.25, -0.2) is 0 Å². The van der Waals surface area contributed by atoms with E-state index < -0.39 is 0 Å². The molecule has 0 aliphatic rings. The molecule has 0 radical (unpaired) electrons. The van der Waals surface area contributed by atoms with Crippen molar-refractivity contribution in [2.75, 3.05) is 0 Å². The van der Waals surface area contributed by atoms with Gasteiger partial charge in [0.25, 0.3) is 5.91 Å². The number of carbonyl (C=O) groups is 2. The average Bonchev–Trinajstić information content (AvgIpc) is 2.52. The van der Waals surface area contributed by atoms with Crippen molar-refractivity contribution in [3.63, 3.8) is 0 Å². The minimum Gasteiger partial charge on any atom is -0.273 e. The Morgan fingerprint density at radius 2 is 1.59 bits per heavy atom. The number of aryl methyl sites for hydroxylation is 1. The predicted molar refractivity (Wildman–Crippen MR) is 92.2 cm³/mol. The molecule has 2 rings (SSSR count). The predicted octanol–water partition coefficient (Wildman–Crippen LogP) is 3.61. The van der Waals surface area contributed by atoms with Crippen molar-refractivity contribution >= 4 is 43.7 Å². The summed E-state index contributed by atoms with van der Waals surface area (Å²) in [7, 11) is 0. The summed E-state index contributed by atoms with van der Waals surface area (Å²) in [5.41, 5.74) is 6.36. The van der Waals surface area contributed by atoms with E-state index in [9.17, 15) is 9.59 Å². The van der Waals surface area contributed by atoms with Crippen molar-refractivity contribution in [2.24, 2.45) is 0 Å². The van der Waals surface area contributed by atoms with Gasteiger partial charge in [0, 0.05) is 20.9 Å². The van der Waals surface area contributed by atoms with Crippen molar-refractivity contribution in [1.29, 1.82) is 0 Å². The van der Waals surface area contributed by atoms with Gasteiger partial charge < -0.3 is 0 Å². The second-order valence-electron chi connectivity index (χ2n) is 4.60. The Hall–Kier alpha value is -1.66. The van der Waals surface area contributed by atoms with Crippen LogP contribution >= 0.6 is 31.9 Å². The molecule has 0 aliphatic heterocycles. The lowest BCUT2D eigenvalue weighted by atomic mass is 10.1. The normalized spacial score (nSPS) is 10.1. The Balaban J connectivity index is 1.79. The molecular formula is C16H14Br2N2O2. The first kappa shape index (κ1) is 16.7. The van der Waals surface area contributed by atoms with Crippen LogP contribution < -0.4 is 10.9 Å². The summed E-state index contributed by atoms with van der Waals surface area (Å²) in [6.45, 7) is 0. The van der Waals surface area contributed by atoms with Gasteiger partial charge in [-0.2, -0.15) is 0 Å². The third-order valence-corrected chi connectivity index (χ3v) is 4.30. The maximum Gasteiger partial charge on any atom is 0.269 e. The lowest BCUT2D eigenvalue weighted by Gasteiger charge is -2.08. The van der Waals surface area contributed by atoms with Crippen molar-refractivity contribution in [3.05, 3.63) is 68.6 Å². The van der Waals surface area contributed by atoms with Crippen LogP contribution in [0.2, 0.25) is 0 Å². The molecule has 0 aromatic heterocycles. The van der Waals surface area contributed by atoms with E-state index in [0.29, 0.717) is 18.4 Å². The molecule has 0 saturated heterocycles. The van der Waals surface area contributed by atoms with Crippen LogP contribution in [0, 0.1) is 0 Å². The van der Waals surface area contributed by atoms with Crippen LogP contribution in [0.15, 0.2) is 57.5 Å². The van der Waals surface area contributed by atoms with Gasteiger partial charge in [-0.3, -0.25) is 20.4 Å². The zero-order valence-electron chi connectivity index (χ0n) is 11.6. The number of rotatable bonds is 4. The number of nitrogens with one attached hydrogen (secondary N) is 2. The van der Waals surface area contributed by atoms with Crippen LogP contribution in [0.1, 0.15) is 22.3 Å². The number of hydrogen-bond acceptors (Lipinski definition) is 2. The highest BCUT2D eigenvalue weighted by molar-refractivity contribution is 9.10. The van der Waals surface area contributed by atoms with Gasteiger partial charge in [0.05, 0.1) is 0 Å². The van der Waals surface area contributed by atoms with Crippen molar-refractivity contribution in [1.82, 2.24) is 10.9 Å². The van der Waals surface area contributed by atoms with E-state index in [2.05, 4.69) is 42.7 Å². The van der Waals surface area contributed by atoms with Crippen molar-refractivity contribution in [2.45, 2.75) is 12.8 Å². The molecule has 0 heterocycles. The van der Waals surface area contributed by atoms with E-state index in [1.807, 2.05) is 24.3 Å². The van der Waals surface area contributed by atoms with Crippen LogP contribution in [0.3, 0.4) is 0 Å². The number of hydrazine groups is 1. The average molecular weight is 426 g/mol. The molecule has 22 heavy (non-hydrogen) atoms. The molecule has 114 valence electrons. The Labute approximate surface area is 145 Å². The minimum absolute atomic E-state index is 0.235. The summed E-state index contributed by atoms with van der Waals surface area (Å²) in [6.07, 6.45) is 0.893.